The minimum atomic E-state index is -3.75. The van der Waals surface area contributed by atoms with Crippen LogP contribution in [0.4, 0.5) is 0 Å². The van der Waals surface area contributed by atoms with Crippen molar-refractivity contribution in [2.24, 2.45) is 0 Å². The number of aromatic nitrogens is 1. The fourth-order valence-corrected chi connectivity index (χ4v) is 4.04. The van der Waals surface area contributed by atoms with E-state index >= 15 is 0 Å². The summed E-state index contributed by atoms with van der Waals surface area (Å²) in [5.41, 5.74) is 2.21. The van der Waals surface area contributed by atoms with E-state index in [9.17, 15) is 22.8 Å². The summed E-state index contributed by atoms with van der Waals surface area (Å²) in [7, 11) is -2.51. The number of Topliss-reactive ketones (excluding diaryl/α,β-unsaturated/α-hetero) is 1. The van der Waals surface area contributed by atoms with Gasteiger partial charge < -0.3 is 14.5 Å². The molecule has 0 amide bonds. The van der Waals surface area contributed by atoms with Gasteiger partial charge in [0.15, 0.2) is 6.10 Å². The first-order valence-electron chi connectivity index (χ1n) is 9.55. The number of methoxy groups -OCH3 is 1. The monoisotopic (exact) mass is 450 g/mol. The lowest BCUT2D eigenvalue weighted by Crippen LogP contribution is -2.29. The second kappa shape index (κ2) is 9.88. The van der Waals surface area contributed by atoms with Crippen molar-refractivity contribution in [2.45, 2.75) is 45.1 Å². The number of hydrogen-bond acceptors (Lipinski definition) is 7. The Kier molecular flexibility index (Phi) is 7.75. The number of carbonyl (C=O) groups is 3. The van der Waals surface area contributed by atoms with Crippen molar-refractivity contribution in [3.8, 4) is 0 Å². The van der Waals surface area contributed by atoms with Crippen LogP contribution in [0.25, 0.3) is 0 Å². The number of ether oxygens (including phenoxy) is 2. The molecule has 2 rings (SSSR count). The third kappa shape index (κ3) is 5.80. The molecular weight excluding hydrogens is 424 g/mol. The van der Waals surface area contributed by atoms with Gasteiger partial charge in [-0.15, -0.1) is 0 Å². The van der Waals surface area contributed by atoms with Crippen LogP contribution in [-0.2, 0) is 24.3 Å². The molecule has 2 aromatic rings. The summed E-state index contributed by atoms with van der Waals surface area (Å²) in [5, 5.41) is 0. The van der Waals surface area contributed by atoms with Crippen LogP contribution in [0.15, 0.2) is 29.2 Å². The van der Waals surface area contributed by atoms with Gasteiger partial charge in [-0.1, -0.05) is 17.7 Å². The van der Waals surface area contributed by atoms with E-state index in [4.69, 9.17) is 9.47 Å². The minimum Gasteiger partial charge on any atom is -0.465 e. The number of benzene rings is 1. The zero-order chi connectivity index (χ0) is 23.3. The topological polar surface area (TPSA) is 132 Å². The quantitative estimate of drug-likeness (QED) is 0.442. The first kappa shape index (κ1) is 24.3. The van der Waals surface area contributed by atoms with Crippen LogP contribution < -0.4 is 4.72 Å². The maximum atomic E-state index is 12.7. The van der Waals surface area contributed by atoms with E-state index in [1.807, 2.05) is 6.92 Å². The van der Waals surface area contributed by atoms with Gasteiger partial charge in [0, 0.05) is 12.2 Å². The average Bonchev–Trinajstić information content (AvgIpc) is 3.00. The SMILES string of the molecule is COC(=O)c1c(C)[nH]c(C(=O)C(C)OC(=O)CCNS(=O)(=O)c2ccc(C)cc2)c1C. The Balaban J connectivity index is 1.94. The molecule has 1 atom stereocenters. The molecule has 2 N–H and O–H groups in total. The highest BCUT2D eigenvalue weighted by atomic mass is 32.2. The highest BCUT2D eigenvalue weighted by molar-refractivity contribution is 7.89. The van der Waals surface area contributed by atoms with Gasteiger partial charge in [-0.3, -0.25) is 9.59 Å². The predicted molar refractivity (Wildman–Crippen MR) is 112 cm³/mol. The van der Waals surface area contributed by atoms with Gasteiger partial charge in [0.2, 0.25) is 15.8 Å². The van der Waals surface area contributed by atoms with Crippen LogP contribution in [0.1, 0.15) is 51.0 Å². The summed E-state index contributed by atoms with van der Waals surface area (Å²) >= 11 is 0. The van der Waals surface area contributed by atoms with Gasteiger partial charge in [-0.05, 0) is 45.4 Å². The maximum Gasteiger partial charge on any atom is 0.339 e. The molecule has 1 aromatic heterocycles. The number of esters is 2. The van der Waals surface area contributed by atoms with Crippen molar-refractivity contribution in [3.05, 3.63) is 52.3 Å². The lowest BCUT2D eigenvalue weighted by atomic mass is 10.1. The maximum absolute atomic E-state index is 12.7. The summed E-state index contributed by atoms with van der Waals surface area (Å²) in [6.07, 6.45) is -1.37. The molecule has 0 saturated carbocycles. The Morgan fingerprint density at radius 2 is 1.71 bits per heavy atom. The average molecular weight is 451 g/mol. The second-order valence-electron chi connectivity index (χ2n) is 7.07. The molecule has 0 aliphatic heterocycles. The molecule has 0 bridgehead atoms. The number of nitrogens with one attached hydrogen (secondary N) is 2. The van der Waals surface area contributed by atoms with Crippen molar-refractivity contribution in [1.29, 1.82) is 0 Å². The third-order valence-electron chi connectivity index (χ3n) is 4.70. The molecule has 0 fully saturated rings. The molecule has 0 aliphatic carbocycles. The first-order chi connectivity index (χ1) is 14.5. The molecule has 168 valence electrons. The van der Waals surface area contributed by atoms with Gasteiger partial charge in [-0.2, -0.15) is 0 Å². The van der Waals surface area contributed by atoms with E-state index in [-0.39, 0.29) is 29.1 Å². The molecule has 1 aromatic carbocycles. The van der Waals surface area contributed by atoms with Crippen LogP contribution in [0.5, 0.6) is 0 Å². The van der Waals surface area contributed by atoms with Crippen LogP contribution in [0, 0.1) is 20.8 Å². The number of sulfonamides is 1. The van der Waals surface area contributed by atoms with Crippen LogP contribution in [0.2, 0.25) is 0 Å². The van der Waals surface area contributed by atoms with E-state index < -0.39 is 33.8 Å². The zero-order valence-corrected chi connectivity index (χ0v) is 18.9. The summed E-state index contributed by atoms with van der Waals surface area (Å²) in [5.74, 6) is -1.82. The van der Waals surface area contributed by atoms with Gasteiger partial charge in [0.1, 0.15) is 0 Å². The van der Waals surface area contributed by atoms with Crippen molar-refractivity contribution in [1.82, 2.24) is 9.71 Å². The van der Waals surface area contributed by atoms with Gasteiger partial charge in [-0.25, -0.2) is 17.9 Å². The van der Waals surface area contributed by atoms with Crippen molar-refractivity contribution >= 4 is 27.7 Å². The number of rotatable bonds is 9. The minimum absolute atomic E-state index is 0.0917. The van der Waals surface area contributed by atoms with Gasteiger partial charge >= 0.3 is 11.9 Å². The predicted octanol–water partition coefficient (Wildman–Crippen LogP) is 2.21. The molecule has 10 heteroatoms. The lowest BCUT2D eigenvalue weighted by molar-refractivity contribution is -0.146. The lowest BCUT2D eigenvalue weighted by Gasteiger charge is -2.13. The number of H-pyrrole nitrogens is 1. The molecule has 0 spiro atoms. The van der Waals surface area contributed by atoms with Gasteiger partial charge in [0.05, 0.1) is 29.7 Å². The molecule has 1 heterocycles. The second-order valence-corrected chi connectivity index (χ2v) is 8.84. The van der Waals surface area contributed by atoms with Crippen molar-refractivity contribution in [3.63, 3.8) is 0 Å². The van der Waals surface area contributed by atoms with Crippen molar-refractivity contribution < 1.29 is 32.3 Å². The van der Waals surface area contributed by atoms with Crippen LogP contribution >= 0.6 is 0 Å². The summed E-state index contributed by atoms with van der Waals surface area (Å²) in [6.45, 7) is 6.30. The Morgan fingerprint density at radius 3 is 2.29 bits per heavy atom. The molecule has 0 saturated heterocycles. The fourth-order valence-electron chi connectivity index (χ4n) is 3.01. The summed E-state index contributed by atoms with van der Waals surface area (Å²) < 4.78 is 36.6. The molecule has 9 nitrogen and oxygen atoms in total. The number of carbonyl (C=O) groups excluding carboxylic acids is 3. The molecule has 0 radical (unpaired) electrons. The Labute approximate surface area is 181 Å². The smallest absolute Gasteiger partial charge is 0.339 e. The zero-order valence-electron chi connectivity index (χ0n) is 18.1. The third-order valence-corrected chi connectivity index (χ3v) is 6.18. The van der Waals surface area contributed by atoms with Crippen LogP contribution in [0.3, 0.4) is 0 Å². The molecule has 0 aliphatic rings. The van der Waals surface area contributed by atoms with E-state index in [0.717, 1.165) is 5.56 Å². The largest absolute Gasteiger partial charge is 0.465 e. The molecule has 31 heavy (non-hydrogen) atoms. The normalized spacial score (nSPS) is 12.3. The number of aromatic amines is 1. The first-order valence-corrected chi connectivity index (χ1v) is 11.0. The summed E-state index contributed by atoms with van der Waals surface area (Å²) in [6, 6.07) is 6.29. The highest BCUT2D eigenvalue weighted by Gasteiger charge is 2.27. The highest BCUT2D eigenvalue weighted by Crippen LogP contribution is 2.21. The number of aryl methyl sites for hydroxylation is 2. The standard InChI is InChI=1S/C21H26N2O7S/c1-12-6-8-16(9-7-12)31(27,28)22-11-10-17(24)30-15(4)20(25)19-13(2)18(14(3)23-19)21(26)29-5/h6-9,15,22-23H,10-11H2,1-5H3. The van der Waals surface area contributed by atoms with E-state index in [0.29, 0.717) is 11.3 Å². The fraction of sp³-hybridized carbons (Fsp3) is 0.381. The van der Waals surface area contributed by atoms with E-state index in [1.54, 1.807) is 26.0 Å². The van der Waals surface area contributed by atoms with E-state index in [2.05, 4.69) is 9.71 Å². The van der Waals surface area contributed by atoms with Gasteiger partial charge in [0.25, 0.3) is 0 Å². The van der Waals surface area contributed by atoms with Crippen LogP contribution in [-0.4, -0.2) is 50.9 Å². The Bertz CT molecular complexity index is 1090. The molecule has 1 unspecified atom stereocenters. The number of ketones is 1. The molecular formula is C21H26N2O7S. The Morgan fingerprint density at radius 1 is 1.10 bits per heavy atom. The van der Waals surface area contributed by atoms with E-state index in [1.165, 1.54) is 26.2 Å². The Hall–Kier alpha value is -2.98. The summed E-state index contributed by atoms with van der Waals surface area (Å²) in [4.78, 5) is 39.5. The number of hydrogen-bond donors (Lipinski definition) is 2. The van der Waals surface area contributed by atoms with Crippen molar-refractivity contribution in [2.75, 3.05) is 13.7 Å².